The molecule has 3 nitrogen and oxygen atoms in total. The van der Waals surface area contributed by atoms with E-state index in [1.807, 2.05) is 11.3 Å². The Balaban J connectivity index is 1.51. The van der Waals surface area contributed by atoms with Gasteiger partial charge in [0, 0.05) is 55.9 Å². The number of nitrogens with zero attached hydrogens (tertiary/aromatic N) is 1. The Morgan fingerprint density at radius 2 is 1.48 bits per heavy atom. The zero-order chi connectivity index (χ0) is 23.1. The smallest absolute Gasteiger partial charge is 0.190 e. The first-order chi connectivity index (χ1) is 15.9. The van der Waals surface area contributed by atoms with E-state index in [2.05, 4.69) is 75.1 Å². The number of ether oxygens (including phenoxy) is 1. The second kappa shape index (κ2) is 9.05. The highest BCUT2D eigenvalue weighted by Crippen LogP contribution is 2.45. The molecule has 0 radical (unpaired) electrons. The van der Waals surface area contributed by atoms with E-state index in [1.54, 1.807) is 11.3 Å². The van der Waals surface area contributed by atoms with Gasteiger partial charge in [-0.05, 0) is 80.3 Å². The fourth-order valence-corrected chi connectivity index (χ4v) is 6.78. The Labute approximate surface area is 204 Å². The van der Waals surface area contributed by atoms with Crippen LogP contribution in [0.25, 0.3) is 17.2 Å². The third-order valence-electron chi connectivity index (χ3n) is 6.47. The standard InChI is InChI=1S/C28H29NO2S2/c1-17-13-24(19(3)32-17)26-16-22(28(30)27(26)25-14-18(2)33-20(25)4)15-21-5-7-23(8-6-21)29-9-11-31-12-10-29/h5-8,13-15H,9-12,16H2,1-4H3/b22-15+. The van der Waals surface area contributed by atoms with Crippen LogP contribution in [0.15, 0.2) is 42.0 Å². The van der Waals surface area contributed by atoms with Gasteiger partial charge >= 0.3 is 0 Å². The average Bonchev–Trinajstić information content (AvgIpc) is 3.42. The summed E-state index contributed by atoms with van der Waals surface area (Å²) in [6, 6.07) is 13.0. The maximum absolute atomic E-state index is 13.7. The molecule has 2 aliphatic rings. The van der Waals surface area contributed by atoms with E-state index < -0.39 is 0 Å². The Morgan fingerprint density at radius 3 is 2.06 bits per heavy atom. The molecule has 1 fully saturated rings. The lowest BCUT2D eigenvalue weighted by atomic mass is 9.97. The van der Waals surface area contributed by atoms with E-state index in [1.165, 1.54) is 36.3 Å². The van der Waals surface area contributed by atoms with Crippen LogP contribution in [0.4, 0.5) is 5.69 Å². The molecule has 3 aromatic rings. The second-order valence-electron chi connectivity index (χ2n) is 8.87. The first-order valence-electron chi connectivity index (χ1n) is 11.5. The van der Waals surface area contributed by atoms with Crippen molar-refractivity contribution in [2.24, 2.45) is 0 Å². The molecule has 1 aromatic carbocycles. The Hall–Kier alpha value is -2.47. The van der Waals surface area contributed by atoms with Gasteiger partial charge in [0.2, 0.25) is 0 Å². The van der Waals surface area contributed by atoms with E-state index in [0.29, 0.717) is 6.42 Å². The summed E-state index contributed by atoms with van der Waals surface area (Å²) >= 11 is 3.58. The number of carbonyl (C=O) groups is 1. The zero-order valence-corrected chi connectivity index (χ0v) is 21.3. The molecule has 33 heavy (non-hydrogen) atoms. The fourth-order valence-electron chi connectivity index (χ4n) is 4.90. The van der Waals surface area contributed by atoms with Gasteiger partial charge < -0.3 is 9.64 Å². The number of morpholine rings is 1. The Morgan fingerprint density at radius 1 is 0.879 bits per heavy atom. The van der Waals surface area contributed by atoms with Crippen molar-refractivity contribution in [3.8, 4) is 0 Å². The molecule has 0 atom stereocenters. The van der Waals surface area contributed by atoms with Gasteiger partial charge in [-0.2, -0.15) is 0 Å². The van der Waals surface area contributed by atoms with Crippen LogP contribution in [-0.4, -0.2) is 32.1 Å². The number of thiophene rings is 2. The largest absolute Gasteiger partial charge is 0.378 e. The van der Waals surface area contributed by atoms with Gasteiger partial charge in [0.1, 0.15) is 0 Å². The molecule has 0 N–H and O–H groups in total. The third-order valence-corrected chi connectivity index (χ3v) is 8.41. The first kappa shape index (κ1) is 22.3. The zero-order valence-electron chi connectivity index (χ0n) is 19.7. The van der Waals surface area contributed by atoms with Crippen LogP contribution in [-0.2, 0) is 9.53 Å². The molecule has 0 spiro atoms. The summed E-state index contributed by atoms with van der Waals surface area (Å²) in [5, 5.41) is 0. The molecule has 0 unspecified atom stereocenters. The van der Waals surface area contributed by atoms with Gasteiger partial charge in [0.05, 0.1) is 13.2 Å². The Bertz CT molecular complexity index is 1270. The number of ketones is 1. The van der Waals surface area contributed by atoms with E-state index >= 15 is 0 Å². The van der Waals surface area contributed by atoms with Crippen molar-refractivity contribution in [2.75, 3.05) is 31.2 Å². The van der Waals surface area contributed by atoms with Gasteiger partial charge in [0.15, 0.2) is 5.78 Å². The van der Waals surface area contributed by atoms with Crippen LogP contribution >= 0.6 is 22.7 Å². The minimum Gasteiger partial charge on any atom is -0.378 e. The third kappa shape index (κ3) is 4.37. The van der Waals surface area contributed by atoms with Crippen molar-refractivity contribution in [3.05, 3.63) is 78.2 Å². The predicted molar refractivity (Wildman–Crippen MR) is 141 cm³/mol. The van der Waals surface area contributed by atoms with Crippen molar-refractivity contribution in [3.63, 3.8) is 0 Å². The number of rotatable bonds is 4. The maximum Gasteiger partial charge on any atom is 0.190 e. The van der Waals surface area contributed by atoms with Crippen LogP contribution in [0.2, 0.25) is 0 Å². The number of carbonyl (C=O) groups excluding carboxylic acids is 1. The summed E-state index contributed by atoms with van der Waals surface area (Å²) in [5.74, 6) is 0.173. The predicted octanol–water partition coefficient (Wildman–Crippen LogP) is 6.85. The molecule has 0 saturated carbocycles. The SMILES string of the molecule is Cc1cc(C2=C(c3cc(C)sc3C)C(=O)/C(=C/c3ccc(N4CCOCC4)cc3)C2)c(C)s1. The minimum atomic E-state index is 0.173. The molecule has 0 bridgehead atoms. The fraction of sp³-hybridized carbons (Fsp3) is 0.321. The van der Waals surface area contributed by atoms with Gasteiger partial charge in [-0.15, -0.1) is 22.7 Å². The lowest BCUT2D eigenvalue weighted by Crippen LogP contribution is -2.36. The minimum absolute atomic E-state index is 0.173. The lowest BCUT2D eigenvalue weighted by molar-refractivity contribution is -0.110. The molecule has 1 aliphatic heterocycles. The second-order valence-corrected chi connectivity index (χ2v) is 11.8. The van der Waals surface area contributed by atoms with Crippen molar-refractivity contribution < 1.29 is 9.53 Å². The van der Waals surface area contributed by atoms with E-state index in [0.717, 1.165) is 48.6 Å². The first-order valence-corrected chi connectivity index (χ1v) is 13.1. The topological polar surface area (TPSA) is 29.5 Å². The molecule has 1 saturated heterocycles. The highest BCUT2D eigenvalue weighted by molar-refractivity contribution is 7.12. The van der Waals surface area contributed by atoms with Crippen LogP contribution in [0.5, 0.6) is 0 Å². The number of benzene rings is 1. The highest BCUT2D eigenvalue weighted by Gasteiger charge is 2.32. The van der Waals surface area contributed by atoms with Gasteiger partial charge in [-0.25, -0.2) is 0 Å². The normalized spacial score (nSPS) is 18.1. The number of allylic oxidation sites excluding steroid dienone is 3. The molecule has 5 rings (SSSR count). The number of hydrogen-bond acceptors (Lipinski definition) is 5. The van der Waals surface area contributed by atoms with Crippen molar-refractivity contribution in [1.29, 1.82) is 0 Å². The molecule has 3 heterocycles. The summed E-state index contributed by atoms with van der Waals surface area (Å²) in [6.45, 7) is 12.0. The van der Waals surface area contributed by atoms with Gasteiger partial charge in [0.25, 0.3) is 0 Å². The summed E-state index contributed by atoms with van der Waals surface area (Å²) in [5.41, 5.74) is 7.58. The van der Waals surface area contributed by atoms with Crippen LogP contribution in [0, 0.1) is 27.7 Å². The summed E-state index contributed by atoms with van der Waals surface area (Å²) in [4.78, 5) is 21.1. The number of Topliss-reactive ketones (excluding diaryl/α,β-unsaturated/α-hetero) is 1. The molecular weight excluding hydrogens is 446 g/mol. The molecule has 0 amide bonds. The van der Waals surface area contributed by atoms with Gasteiger partial charge in [-0.3, -0.25) is 4.79 Å². The number of anilines is 1. The van der Waals surface area contributed by atoms with Gasteiger partial charge in [-0.1, -0.05) is 12.1 Å². The lowest BCUT2D eigenvalue weighted by Gasteiger charge is -2.28. The molecule has 1 aliphatic carbocycles. The molecule has 5 heteroatoms. The van der Waals surface area contributed by atoms with Crippen LogP contribution < -0.4 is 4.90 Å². The monoisotopic (exact) mass is 475 g/mol. The van der Waals surface area contributed by atoms with E-state index in [9.17, 15) is 4.79 Å². The Kier molecular flexibility index (Phi) is 6.12. The number of aryl methyl sites for hydroxylation is 4. The summed E-state index contributed by atoms with van der Waals surface area (Å²) in [7, 11) is 0. The molecule has 170 valence electrons. The highest BCUT2D eigenvalue weighted by atomic mass is 32.1. The quantitative estimate of drug-likeness (QED) is 0.387. The van der Waals surface area contributed by atoms with Crippen molar-refractivity contribution in [2.45, 2.75) is 34.1 Å². The molecule has 2 aromatic heterocycles. The van der Waals surface area contributed by atoms with Crippen molar-refractivity contribution >= 4 is 51.4 Å². The summed E-state index contributed by atoms with van der Waals surface area (Å²) in [6.07, 6.45) is 2.77. The number of hydrogen-bond donors (Lipinski definition) is 0. The maximum atomic E-state index is 13.7. The van der Waals surface area contributed by atoms with Crippen molar-refractivity contribution in [1.82, 2.24) is 0 Å². The average molecular weight is 476 g/mol. The van der Waals surface area contributed by atoms with Crippen LogP contribution in [0.1, 0.15) is 42.6 Å². The van der Waals surface area contributed by atoms with Crippen LogP contribution in [0.3, 0.4) is 0 Å². The van der Waals surface area contributed by atoms with E-state index in [-0.39, 0.29) is 5.78 Å². The molecular formula is C28H29NO2S2. The summed E-state index contributed by atoms with van der Waals surface area (Å²) < 4.78 is 5.47. The van der Waals surface area contributed by atoms with E-state index in [4.69, 9.17) is 4.74 Å².